The summed E-state index contributed by atoms with van der Waals surface area (Å²) in [7, 11) is 1.25. The van der Waals surface area contributed by atoms with Crippen molar-refractivity contribution in [1.82, 2.24) is 5.32 Å². The Balaban J connectivity index is 2.89. The van der Waals surface area contributed by atoms with Gasteiger partial charge in [-0.3, -0.25) is 10.1 Å². The molecule has 1 rings (SSSR count). The maximum absolute atomic E-state index is 13.7. The van der Waals surface area contributed by atoms with Crippen LogP contribution in [0, 0.1) is 28.9 Å². The Bertz CT molecular complexity index is 515. The number of halogens is 2. The Morgan fingerprint density at radius 3 is 2.35 bits per heavy atom. The number of nitrogens with one attached hydrogen (secondary N) is 1. The van der Waals surface area contributed by atoms with Crippen LogP contribution in [0.25, 0.3) is 0 Å². The van der Waals surface area contributed by atoms with E-state index in [1.165, 1.54) is 7.11 Å². The molecule has 0 spiro atoms. The van der Waals surface area contributed by atoms with Gasteiger partial charge in [0.1, 0.15) is 17.7 Å². The number of hydrogen-bond donors (Lipinski definition) is 1. The molecule has 0 unspecified atom stereocenters. The van der Waals surface area contributed by atoms with Gasteiger partial charge in [-0.05, 0) is 18.1 Å². The van der Waals surface area contributed by atoms with E-state index >= 15 is 0 Å². The van der Waals surface area contributed by atoms with Crippen LogP contribution in [-0.4, -0.2) is 19.1 Å². The molecule has 1 aromatic rings. The quantitative estimate of drug-likeness (QED) is 0.840. The largest absolute Gasteiger partial charge is 0.468 e. The van der Waals surface area contributed by atoms with E-state index in [2.05, 4.69) is 10.1 Å². The molecule has 0 aliphatic heterocycles. The lowest BCUT2D eigenvalue weighted by Gasteiger charge is -2.20. The number of rotatable bonds is 5. The van der Waals surface area contributed by atoms with Gasteiger partial charge in [0.15, 0.2) is 0 Å². The molecular weight excluding hydrogens is 266 g/mol. The van der Waals surface area contributed by atoms with E-state index < -0.39 is 23.6 Å². The lowest BCUT2D eigenvalue weighted by Crippen LogP contribution is -2.41. The summed E-state index contributed by atoms with van der Waals surface area (Å²) in [5.74, 6) is -2.22. The van der Waals surface area contributed by atoms with Crippen molar-refractivity contribution in [3.8, 4) is 6.07 Å². The van der Waals surface area contributed by atoms with E-state index in [1.54, 1.807) is 19.9 Å². The highest BCUT2D eigenvalue weighted by Gasteiger charge is 2.23. The number of carbonyl (C=O) groups is 1. The SMILES string of the molecule is COC(=O)[C@@H](NCc1c(F)cc(C#N)cc1F)C(C)C. The van der Waals surface area contributed by atoms with Gasteiger partial charge in [-0.2, -0.15) is 5.26 Å². The Labute approximate surface area is 116 Å². The molecule has 20 heavy (non-hydrogen) atoms. The van der Waals surface area contributed by atoms with Crippen molar-refractivity contribution in [1.29, 1.82) is 5.26 Å². The number of nitriles is 1. The summed E-state index contributed by atoms with van der Waals surface area (Å²) in [6, 6.07) is 2.94. The minimum absolute atomic E-state index is 0.0860. The van der Waals surface area contributed by atoms with Gasteiger partial charge in [0.25, 0.3) is 0 Å². The third-order valence-electron chi connectivity index (χ3n) is 2.89. The lowest BCUT2D eigenvalue weighted by atomic mass is 10.0. The molecule has 0 amide bonds. The van der Waals surface area contributed by atoms with Gasteiger partial charge in [0, 0.05) is 12.1 Å². The van der Waals surface area contributed by atoms with Gasteiger partial charge < -0.3 is 4.74 Å². The first kappa shape index (κ1) is 16.1. The summed E-state index contributed by atoms with van der Waals surface area (Å²) in [5, 5.41) is 11.4. The van der Waals surface area contributed by atoms with Gasteiger partial charge in [0.2, 0.25) is 0 Å². The van der Waals surface area contributed by atoms with Gasteiger partial charge in [0.05, 0.1) is 18.7 Å². The van der Waals surface area contributed by atoms with Crippen LogP contribution in [-0.2, 0) is 16.1 Å². The van der Waals surface area contributed by atoms with Crippen LogP contribution in [0.5, 0.6) is 0 Å². The smallest absolute Gasteiger partial charge is 0.323 e. The molecule has 108 valence electrons. The first-order valence-corrected chi connectivity index (χ1v) is 6.10. The zero-order valence-corrected chi connectivity index (χ0v) is 11.5. The maximum atomic E-state index is 13.7. The normalized spacial score (nSPS) is 12.1. The predicted octanol–water partition coefficient (Wildman–Crippen LogP) is 2.12. The molecule has 0 saturated carbocycles. The molecule has 0 bridgehead atoms. The topological polar surface area (TPSA) is 62.1 Å². The van der Waals surface area contributed by atoms with Crippen molar-refractivity contribution >= 4 is 5.97 Å². The molecule has 0 aliphatic carbocycles. The second kappa shape index (κ2) is 6.96. The molecule has 0 heterocycles. The Morgan fingerprint density at radius 2 is 1.95 bits per heavy atom. The van der Waals surface area contributed by atoms with Crippen molar-refractivity contribution in [3.63, 3.8) is 0 Å². The minimum Gasteiger partial charge on any atom is -0.468 e. The molecule has 1 atom stereocenters. The van der Waals surface area contributed by atoms with Crippen molar-refractivity contribution < 1.29 is 18.3 Å². The summed E-state index contributed by atoms with van der Waals surface area (Å²) in [4.78, 5) is 11.5. The van der Waals surface area contributed by atoms with E-state index in [-0.39, 0.29) is 23.6 Å². The van der Waals surface area contributed by atoms with Crippen LogP contribution in [0.1, 0.15) is 25.0 Å². The molecular formula is C14H16F2N2O2. The molecule has 4 nitrogen and oxygen atoms in total. The number of methoxy groups -OCH3 is 1. The maximum Gasteiger partial charge on any atom is 0.323 e. The Kier molecular flexibility index (Phi) is 5.59. The van der Waals surface area contributed by atoms with Crippen LogP contribution in [0.4, 0.5) is 8.78 Å². The van der Waals surface area contributed by atoms with Crippen LogP contribution in [0.2, 0.25) is 0 Å². The van der Waals surface area contributed by atoms with Gasteiger partial charge in [-0.1, -0.05) is 13.8 Å². The summed E-state index contributed by atoms with van der Waals surface area (Å²) in [6.07, 6.45) is 0. The summed E-state index contributed by atoms with van der Waals surface area (Å²) in [5.41, 5.74) is -0.296. The van der Waals surface area contributed by atoms with E-state index in [1.807, 2.05) is 0 Å². The van der Waals surface area contributed by atoms with Gasteiger partial charge >= 0.3 is 5.97 Å². The van der Waals surface area contributed by atoms with Crippen LogP contribution >= 0.6 is 0 Å². The van der Waals surface area contributed by atoms with Crippen molar-refractivity contribution in [3.05, 3.63) is 34.9 Å². The second-order valence-corrected chi connectivity index (χ2v) is 4.66. The van der Waals surface area contributed by atoms with Crippen molar-refractivity contribution in [2.75, 3.05) is 7.11 Å². The molecule has 0 aromatic heterocycles. The van der Waals surface area contributed by atoms with E-state index in [0.29, 0.717) is 0 Å². The van der Waals surface area contributed by atoms with Gasteiger partial charge in [-0.15, -0.1) is 0 Å². The number of nitrogens with zero attached hydrogens (tertiary/aromatic N) is 1. The Morgan fingerprint density at radius 1 is 1.40 bits per heavy atom. The summed E-state index contributed by atoms with van der Waals surface area (Å²) < 4.78 is 32.0. The summed E-state index contributed by atoms with van der Waals surface area (Å²) in [6.45, 7) is 3.42. The Hall–Kier alpha value is -2.00. The first-order chi connectivity index (χ1) is 9.40. The number of ether oxygens (including phenoxy) is 1. The predicted molar refractivity (Wildman–Crippen MR) is 68.6 cm³/mol. The lowest BCUT2D eigenvalue weighted by molar-refractivity contribution is -0.144. The van der Waals surface area contributed by atoms with E-state index in [9.17, 15) is 13.6 Å². The second-order valence-electron chi connectivity index (χ2n) is 4.66. The molecule has 1 aromatic carbocycles. The average molecular weight is 282 g/mol. The molecule has 0 radical (unpaired) electrons. The molecule has 1 N–H and O–H groups in total. The molecule has 0 fully saturated rings. The standard InChI is InChI=1S/C14H16F2N2O2/c1-8(2)13(14(19)20-3)18-7-10-11(15)4-9(6-17)5-12(10)16/h4-5,8,13,18H,7H2,1-3H3/t13-/m0/s1. The summed E-state index contributed by atoms with van der Waals surface area (Å²) >= 11 is 0. The highest BCUT2D eigenvalue weighted by Crippen LogP contribution is 2.16. The van der Waals surface area contributed by atoms with Crippen LogP contribution in [0.3, 0.4) is 0 Å². The number of carbonyl (C=O) groups excluding carboxylic acids is 1. The molecule has 0 saturated heterocycles. The fraction of sp³-hybridized carbons (Fsp3) is 0.429. The van der Waals surface area contributed by atoms with E-state index in [0.717, 1.165) is 12.1 Å². The minimum atomic E-state index is -0.818. The number of benzene rings is 1. The zero-order chi connectivity index (χ0) is 15.3. The van der Waals surface area contributed by atoms with Crippen molar-refractivity contribution in [2.45, 2.75) is 26.4 Å². The fourth-order valence-corrected chi connectivity index (χ4v) is 1.77. The van der Waals surface area contributed by atoms with Gasteiger partial charge in [-0.25, -0.2) is 8.78 Å². The highest BCUT2D eigenvalue weighted by molar-refractivity contribution is 5.75. The monoisotopic (exact) mass is 282 g/mol. The van der Waals surface area contributed by atoms with Crippen molar-refractivity contribution in [2.24, 2.45) is 5.92 Å². The fourth-order valence-electron chi connectivity index (χ4n) is 1.77. The third kappa shape index (κ3) is 3.75. The van der Waals surface area contributed by atoms with Crippen LogP contribution < -0.4 is 5.32 Å². The zero-order valence-electron chi connectivity index (χ0n) is 11.5. The first-order valence-electron chi connectivity index (χ1n) is 6.10. The molecule has 0 aliphatic rings. The number of esters is 1. The van der Waals surface area contributed by atoms with Crippen LogP contribution in [0.15, 0.2) is 12.1 Å². The van der Waals surface area contributed by atoms with E-state index in [4.69, 9.17) is 5.26 Å². The third-order valence-corrected chi connectivity index (χ3v) is 2.89. The highest BCUT2D eigenvalue weighted by atomic mass is 19.1. The average Bonchev–Trinajstić information content (AvgIpc) is 2.40. The molecule has 6 heteroatoms. The number of hydrogen-bond acceptors (Lipinski definition) is 4.